The molecule has 1 fully saturated rings. The molecule has 2 N–H and O–H groups in total. The molecule has 1 spiro atoms. The smallest absolute Gasteiger partial charge is 0.251 e. The van der Waals surface area contributed by atoms with Gasteiger partial charge in [0.2, 0.25) is 0 Å². The van der Waals surface area contributed by atoms with Gasteiger partial charge in [-0.15, -0.1) is 0 Å². The fourth-order valence-corrected chi connectivity index (χ4v) is 4.43. The van der Waals surface area contributed by atoms with E-state index in [0.717, 1.165) is 17.8 Å². The molecule has 140 valence electrons. The van der Waals surface area contributed by atoms with Crippen molar-refractivity contribution in [2.24, 2.45) is 10.4 Å². The standard InChI is InChI=1S/C23H27N3O/c1-24-21(27)18-11-9-17(10-12-18)16-25-22-23(13-5-2-6-14-23)15-19-7-3-4-8-20(19)26-22/h3-4,7-12H,2,5-6,13-16H2,1H3,(H,24,27)(H,25,26). The molecule has 1 aliphatic carbocycles. The molecule has 0 radical (unpaired) electrons. The molecule has 2 aromatic rings. The van der Waals surface area contributed by atoms with Crippen molar-refractivity contribution in [3.05, 3.63) is 65.2 Å². The number of para-hydroxylation sites is 1. The van der Waals surface area contributed by atoms with E-state index >= 15 is 0 Å². The minimum Gasteiger partial charge on any atom is -0.355 e. The third kappa shape index (κ3) is 3.61. The van der Waals surface area contributed by atoms with Gasteiger partial charge in [0.15, 0.2) is 0 Å². The summed E-state index contributed by atoms with van der Waals surface area (Å²) in [7, 11) is 1.65. The summed E-state index contributed by atoms with van der Waals surface area (Å²) in [5.74, 6) is 1.09. The first-order valence-electron chi connectivity index (χ1n) is 9.91. The Morgan fingerprint density at radius 2 is 1.81 bits per heavy atom. The van der Waals surface area contributed by atoms with Crippen molar-refractivity contribution < 1.29 is 4.79 Å². The van der Waals surface area contributed by atoms with E-state index in [2.05, 4.69) is 34.9 Å². The lowest BCUT2D eigenvalue weighted by atomic mass is 9.67. The second-order valence-electron chi connectivity index (χ2n) is 7.74. The van der Waals surface area contributed by atoms with Gasteiger partial charge in [0, 0.05) is 23.7 Å². The fourth-order valence-electron chi connectivity index (χ4n) is 4.43. The van der Waals surface area contributed by atoms with Crippen molar-refractivity contribution in [1.82, 2.24) is 5.32 Å². The molecule has 4 nitrogen and oxygen atoms in total. The number of carbonyl (C=O) groups is 1. The molecule has 1 heterocycles. The Hall–Kier alpha value is -2.62. The largest absolute Gasteiger partial charge is 0.355 e. The lowest BCUT2D eigenvalue weighted by Crippen LogP contribution is -2.43. The maximum Gasteiger partial charge on any atom is 0.251 e. The number of anilines is 1. The van der Waals surface area contributed by atoms with Crippen LogP contribution in [0.25, 0.3) is 0 Å². The van der Waals surface area contributed by atoms with E-state index in [-0.39, 0.29) is 11.3 Å². The van der Waals surface area contributed by atoms with Gasteiger partial charge in [-0.25, -0.2) is 0 Å². The molecular formula is C23H27N3O. The maximum absolute atomic E-state index is 11.7. The second kappa shape index (κ2) is 7.55. The zero-order valence-electron chi connectivity index (χ0n) is 15.9. The summed E-state index contributed by atoms with van der Waals surface area (Å²) in [5.41, 5.74) is 4.58. The van der Waals surface area contributed by atoms with Crippen molar-refractivity contribution in [1.29, 1.82) is 0 Å². The zero-order valence-corrected chi connectivity index (χ0v) is 15.9. The van der Waals surface area contributed by atoms with Crippen molar-refractivity contribution in [2.45, 2.75) is 45.1 Å². The molecule has 0 bridgehead atoms. The monoisotopic (exact) mass is 361 g/mol. The molecule has 2 aromatic carbocycles. The Bertz CT molecular complexity index is 848. The average molecular weight is 361 g/mol. The van der Waals surface area contributed by atoms with Crippen LogP contribution in [-0.4, -0.2) is 18.8 Å². The maximum atomic E-state index is 11.7. The number of rotatable bonds is 3. The van der Waals surface area contributed by atoms with Gasteiger partial charge in [-0.1, -0.05) is 49.6 Å². The summed E-state index contributed by atoms with van der Waals surface area (Å²) in [6.07, 6.45) is 7.40. The number of hydrogen-bond donors (Lipinski definition) is 2. The fraction of sp³-hybridized carbons (Fsp3) is 0.391. The van der Waals surface area contributed by atoms with Crippen LogP contribution in [0.15, 0.2) is 53.5 Å². The summed E-state index contributed by atoms with van der Waals surface area (Å²) < 4.78 is 0. The number of aliphatic imine (C=N–C) groups is 1. The van der Waals surface area contributed by atoms with Crippen LogP contribution in [0.2, 0.25) is 0 Å². The van der Waals surface area contributed by atoms with Gasteiger partial charge in [0.25, 0.3) is 5.91 Å². The number of nitrogens with zero attached hydrogens (tertiary/aromatic N) is 1. The van der Waals surface area contributed by atoms with Gasteiger partial charge in [-0.2, -0.15) is 0 Å². The lowest BCUT2D eigenvalue weighted by Gasteiger charge is -2.42. The molecule has 0 aromatic heterocycles. The van der Waals surface area contributed by atoms with E-state index in [1.54, 1.807) is 7.05 Å². The molecule has 27 heavy (non-hydrogen) atoms. The van der Waals surface area contributed by atoms with Crippen LogP contribution in [0.4, 0.5) is 5.69 Å². The highest BCUT2D eigenvalue weighted by atomic mass is 16.1. The minimum atomic E-state index is -0.0559. The third-order valence-electron chi connectivity index (χ3n) is 5.98. The summed E-state index contributed by atoms with van der Waals surface area (Å²) in [6.45, 7) is 0.639. The van der Waals surface area contributed by atoms with E-state index < -0.39 is 0 Å². The van der Waals surface area contributed by atoms with Gasteiger partial charge < -0.3 is 10.6 Å². The summed E-state index contributed by atoms with van der Waals surface area (Å²) in [6, 6.07) is 16.3. The molecule has 4 heteroatoms. The number of amidine groups is 1. The Morgan fingerprint density at radius 1 is 1.07 bits per heavy atom. The van der Waals surface area contributed by atoms with Gasteiger partial charge >= 0.3 is 0 Å². The molecule has 0 unspecified atom stereocenters. The van der Waals surface area contributed by atoms with Crippen LogP contribution in [-0.2, 0) is 13.0 Å². The lowest BCUT2D eigenvalue weighted by molar-refractivity contribution is 0.0963. The zero-order chi connectivity index (χ0) is 18.7. The Balaban J connectivity index is 1.59. The molecule has 4 rings (SSSR count). The highest BCUT2D eigenvalue weighted by molar-refractivity contribution is 6.02. The van der Waals surface area contributed by atoms with Crippen molar-refractivity contribution in [3.8, 4) is 0 Å². The van der Waals surface area contributed by atoms with Gasteiger partial charge in [0.05, 0.1) is 6.54 Å². The van der Waals surface area contributed by atoms with Crippen LogP contribution in [0, 0.1) is 5.41 Å². The predicted octanol–water partition coefficient (Wildman–Crippen LogP) is 4.56. The van der Waals surface area contributed by atoms with Crippen LogP contribution in [0.1, 0.15) is 53.6 Å². The number of nitrogens with one attached hydrogen (secondary N) is 2. The molecule has 0 saturated heterocycles. The van der Waals surface area contributed by atoms with E-state index in [1.165, 1.54) is 43.4 Å². The van der Waals surface area contributed by atoms with E-state index in [4.69, 9.17) is 4.99 Å². The molecule has 0 atom stereocenters. The van der Waals surface area contributed by atoms with Crippen molar-refractivity contribution >= 4 is 17.4 Å². The molecule has 2 aliphatic rings. The average Bonchev–Trinajstić information content (AvgIpc) is 2.72. The Labute approximate surface area is 161 Å². The van der Waals surface area contributed by atoms with Crippen molar-refractivity contribution in [2.75, 3.05) is 12.4 Å². The first kappa shape index (κ1) is 17.8. The number of amides is 1. The molecule has 1 amide bonds. The van der Waals surface area contributed by atoms with Crippen LogP contribution < -0.4 is 10.6 Å². The number of fused-ring (bicyclic) bond motifs is 1. The second-order valence-corrected chi connectivity index (χ2v) is 7.74. The van der Waals surface area contributed by atoms with Crippen LogP contribution in [0.3, 0.4) is 0 Å². The first-order chi connectivity index (χ1) is 13.2. The molecular weight excluding hydrogens is 334 g/mol. The Morgan fingerprint density at radius 3 is 2.56 bits per heavy atom. The summed E-state index contributed by atoms with van der Waals surface area (Å²) in [4.78, 5) is 16.7. The van der Waals surface area contributed by atoms with Gasteiger partial charge in [-0.3, -0.25) is 9.79 Å². The normalized spacial score (nSPS) is 19.4. The summed E-state index contributed by atoms with van der Waals surface area (Å²) in [5, 5.41) is 6.31. The quantitative estimate of drug-likeness (QED) is 0.842. The SMILES string of the molecule is CNC(=O)c1ccc(CN=C2Nc3ccccc3CC23CCCCC3)cc1. The van der Waals surface area contributed by atoms with Crippen molar-refractivity contribution in [3.63, 3.8) is 0 Å². The van der Waals surface area contributed by atoms with E-state index in [9.17, 15) is 4.79 Å². The topological polar surface area (TPSA) is 53.5 Å². The van der Waals surface area contributed by atoms with Crippen LogP contribution in [0.5, 0.6) is 0 Å². The molecule has 1 saturated carbocycles. The number of benzene rings is 2. The number of hydrogen-bond acceptors (Lipinski definition) is 2. The number of carbonyl (C=O) groups excluding carboxylic acids is 1. The molecule has 1 aliphatic heterocycles. The summed E-state index contributed by atoms with van der Waals surface area (Å²) >= 11 is 0. The van der Waals surface area contributed by atoms with Gasteiger partial charge in [-0.05, 0) is 48.6 Å². The highest BCUT2D eigenvalue weighted by Gasteiger charge is 2.40. The highest BCUT2D eigenvalue weighted by Crippen LogP contribution is 2.45. The van der Waals surface area contributed by atoms with E-state index in [1.807, 2.05) is 24.3 Å². The predicted molar refractivity (Wildman–Crippen MR) is 110 cm³/mol. The third-order valence-corrected chi connectivity index (χ3v) is 5.98. The van der Waals surface area contributed by atoms with E-state index in [0.29, 0.717) is 12.1 Å². The first-order valence-corrected chi connectivity index (χ1v) is 9.91. The van der Waals surface area contributed by atoms with Crippen LogP contribution >= 0.6 is 0 Å². The van der Waals surface area contributed by atoms with Gasteiger partial charge in [0.1, 0.15) is 5.84 Å². The Kier molecular flexibility index (Phi) is 4.97. The minimum absolute atomic E-state index is 0.0559.